The molecule has 98 valence electrons. The number of nitrogen functional groups attached to an aromatic ring is 1. The van der Waals surface area contributed by atoms with E-state index in [1.54, 1.807) is 12.4 Å². The van der Waals surface area contributed by atoms with Crippen LogP contribution in [0.1, 0.15) is 17.2 Å². The minimum atomic E-state index is -0.0491. The van der Waals surface area contributed by atoms with E-state index in [0.717, 1.165) is 24.6 Å². The third kappa shape index (κ3) is 2.12. The number of aryl methyl sites for hydroxylation is 1. The van der Waals surface area contributed by atoms with Gasteiger partial charge >= 0.3 is 0 Å². The molecule has 0 bridgehead atoms. The van der Waals surface area contributed by atoms with Crippen LogP contribution in [0.3, 0.4) is 0 Å². The average Bonchev–Trinajstić information content (AvgIpc) is 2.85. The minimum absolute atomic E-state index is 0.0491. The molecule has 2 aromatic rings. The van der Waals surface area contributed by atoms with E-state index in [4.69, 9.17) is 11.1 Å². The zero-order valence-corrected chi connectivity index (χ0v) is 10.5. The van der Waals surface area contributed by atoms with Gasteiger partial charge in [-0.15, -0.1) is 10.2 Å². The zero-order valence-electron chi connectivity index (χ0n) is 10.5. The van der Waals surface area contributed by atoms with Crippen molar-refractivity contribution in [1.82, 2.24) is 24.7 Å². The van der Waals surface area contributed by atoms with Crippen LogP contribution in [-0.2, 0) is 13.1 Å². The van der Waals surface area contributed by atoms with Gasteiger partial charge in [0.05, 0.1) is 6.54 Å². The molecule has 0 unspecified atom stereocenters. The van der Waals surface area contributed by atoms with Gasteiger partial charge in [-0.25, -0.2) is 9.97 Å². The molecule has 19 heavy (non-hydrogen) atoms. The Morgan fingerprint density at radius 1 is 1.37 bits per heavy atom. The third-order valence-electron chi connectivity index (χ3n) is 3.04. The molecular weight excluding hydrogens is 244 g/mol. The van der Waals surface area contributed by atoms with Crippen LogP contribution < -0.4 is 10.6 Å². The number of anilines is 1. The molecule has 0 saturated heterocycles. The molecule has 0 aromatic carbocycles. The van der Waals surface area contributed by atoms with Gasteiger partial charge in [0.15, 0.2) is 5.82 Å². The number of hydrogen-bond acceptors (Lipinski definition) is 6. The fraction of sp³-hybridized carbons (Fsp3) is 0.364. The highest BCUT2D eigenvalue weighted by Gasteiger charge is 2.20. The van der Waals surface area contributed by atoms with Crippen LogP contribution >= 0.6 is 0 Å². The highest BCUT2D eigenvalue weighted by atomic mass is 15.4. The van der Waals surface area contributed by atoms with Gasteiger partial charge in [-0.2, -0.15) is 0 Å². The van der Waals surface area contributed by atoms with Gasteiger partial charge in [-0.05, 0) is 13.0 Å². The van der Waals surface area contributed by atoms with Gasteiger partial charge in [0, 0.05) is 18.8 Å². The lowest BCUT2D eigenvalue weighted by molar-refractivity contribution is 0.551. The first-order valence-electron chi connectivity index (χ1n) is 5.95. The Bertz CT molecular complexity index is 631. The van der Waals surface area contributed by atoms with E-state index in [2.05, 4.69) is 20.2 Å². The standard InChI is InChI=1S/C11H14N8/c1-7-4-8(10(12)13)16-11(15-7)18-2-3-19-6-14-17-9(19)5-18/h4,6H,2-3,5H2,1H3,(H3,12,13). The monoisotopic (exact) mass is 258 g/mol. The second-order valence-electron chi connectivity index (χ2n) is 4.47. The Labute approximate surface area is 109 Å². The van der Waals surface area contributed by atoms with Crippen LogP contribution in [0.25, 0.3) is 0 Å². The highest BCUT2D eigenvalue weighted by Crippen LogP contribution is 2.16. The molecule has 3 rings (SSSR count). The topological polar surface area (TPSA) is 110 Å². The van der Waals surface area contributed by atoms with Crippen LogP contribution in [0.4, 0.5) is 5.95 Å². The van der Waals surface area contributed by atoms with Crippen LogP contribution in [0.2, 0.25) is 0 Å². The molecule has 1 aliphatic heterocycles. The van der Waals surface area contributed by atoms with Crippen molar-refractivity contribution in [3.8, 4) is 0 Å². The molecule has 2 aromatic heterocycles. The molecule has 0 atom stereocenters. The molecule has 8 nitrogen and oxygen atoms in total. The summed E-state index contributed by atoms with van der Waals surface area (Å²) in [7, 11) is 0. The molecule has 3 heterocycles. The summed E-state index contributed by atoms with van der Waals surface area (Å²) in [6.07, 6.45) is 1.73. The largest absolute Gasteiger partial charge is 0.382 e. The highest BCUT2D eigenvalue weighted by molar-refractivity contribution is 5.93. The maximum Gasteiger partial charge on any atom is 0.226 e. The molecule has 0 radical (unpaired) electrons. The third-order valence-corrected chi connectivity index (χ3v) is 3.04. The number of nitrogens with two attached hydrogens (primary N) is 1. The van der Waals surface area contributed by atoms with E-state index in [0.29, 0.717) is 18.2 Å². The lowest BCUT2D eigenvalue weighted by Gasteiger charge is -2.27. The van der Waals surface area contributed by atoms with Crippen molar-refractivity contribution in [2.75, 3.05) is 11.4 Å². The minimum Gasteiger partial charge on any atom is -0.382 e. The molecule has 0 fully saturated rings. The average molecular weight is 258 g/mol. The second-order valence-corrected chi connectivity index (χ2v) is 4.47. The number of hydrogen-bond donors (Lipinski definition) is 2. The van der Waals surface area contributed by atoms with Crippen molar-refractivity contribution < 1.29 is 0 Å². The lowest BCUT2D eigenvalue weighted by Crippen LogP contribution is -2.35. The SMILES string of the molecule is Cc1cc(C(=N)N)nc(N2CCn3cnnc3C2)n1. The Morgan fingerprint density at radius 2 is 2.21 bits per heavy atom. The van der Waals surface area contributed by atoms with Crippen LogP contribution in [0.5, 0.6) is 0 Å². The van der Waals surface area contributed by atoms with E-state index in [1.807, 2.05) is 16.4 Å². The molecule has 0 saturated carbocycles. The Kier molecular flexibility index (Phi) is 2.62. The Hall–Kier alpha value is -2.51. The first-order chi connectivity index (χ1) is 9.13. The van der Waals surface area contributed by atoms with Crippen LogP contribution in [-0.4, -0.2) is 37.1 Å². The zero-order chi connectivity index (χ0) is 13.4. The van der Waals surface area contributed by atoms with Crippen molar-refractivity contribution in [2.45, 2.75) is 20.0 Å². The number of rotatable bonds is 2. The maximum atomic E-state index is 7.48. The molecule has 1 aliphatic rings. The molecule has 0 aliphatic carbocycles. The normalized spacial score (nSPS) is 14.3. The number of fused-ring (bicyclic) bond motifs is 1. The lowest BCUT2D eigenvalue weighted by atomic mass is 10.3. The van der Waals surface area contributed by atoms with Gasteiger partial charge in [0.1, 0.15) is 17.9 Å². The quantitative estimate of drug-likeness (QED) is 0.564. The molecule has 3 N–H and O–H groups in total. The molecule has 8 heteroatoms. The molecule has 0 spiro atoms. The first-order valence-corrected chi connectivity index (χ1v) is 5.95. The molecule has 0 amide bonds. The second kappa shape index (κ2) is 4.30. The van der Waals surface area contributed by atoms with Gasteiger partial charge in [-0.1, -0.05) is 0 Å². The van der Waals surface area contributed by atoms with Crippen molar-refractivity contribution >= 4 is 11.8 Å². The van der Waals surface area contributed by atoms with Gasteiger partial charge in [0.2, 0.25) is 5.95 Å². The number of amidine groups is 1. The van der Waals surface area contributed by atoms with Crippen molar-refractivity contribution in [3.63, 3.8) is 0 Å². The van der Waals surface area contributed by atoms with E-state index in [-0.39, 0.29) is 5.84 Å². The van der Waals surface area contributed by atoms with Crippen molar-refractivity contribution in [2.24, 2.45) is 5.73 Å². The van der Waals surface area contributed by atoms with Crippen molar-refractivity contribution in [1.29, 1.82) is 5.41 Å². The number of aromatic nitrogens is 5. The summed E-state index contributed by atoms with van der Waals surface area (Å²) in [4.78, 5) is 10.7. The summed E-state index contributed by atoms with van der Waals surface area (Å²) in [5.41, 5.74) is 6.74. The maximum absolute atomic E-state index is 7.48. The van der Waals surface area contributed by atoms with E-state index in [1.165, 1.54) is 0 Å². The Morgan fingerprint density at radius 3 is 3.00 bits per heavy atom. The number of nitrogens with one attached hydrogen (secondary N) is 1. The van der Waals surface area contributed by atoms with Crippen LogP contribution in [0.15, 0.2) is 12.4 Å². The Balaban J connectivity index is 1.93. The first kappa shape index (κ1) is 11.6. The molecular formula is C11H14N8. The smallest absolute Gasteiger partial charge is 0.226 e. The van der Waals surface area contributed by atoms with Gasteiger partial charge < -0.3 is 15.2 Å². The fourth-order valence-corrected chi connectivity index (χ4v) is 2.07. The number of nitrogens with zero attached hydrogens (tertiary/aromatic N) is 6. The summed E-state index contributed by atoms with van der Waals surface area (Å²) in [5, 5.41) is 15.4. The van der Waals surface area contributed by atoms with Gasteiger partial charge in [0.25, 0.3) is 0 Å². The van der Waals surface area contributed by atoms with Gasteiger partial charge in [-0.3, -0.25) is 5.41 Å². The predicted octanol–water partition coefficient (Wildman–Crippen LogP) is -0.319. The van der Waals surface area contributed by atoms with E-state index < -0.39 is 0 Å². The van der Waals surface area contributed by atoms with E-state index >= 15 is 0 Å². The summed E-state index contributed by atoms with van der Waals surface area (Å²) in [5.74, 6) is 1.42. The van der Waals surface area contributed by atoms with E-state index in [9.17, 15) is 0 Å². The van der Waals surface area contributed by atoms with Crippen molar-refractivity contribution in [3.05, 3.63) is 29.6 Å². The summed E-state index contributed by atoms with van der Waals surface area (Å²) in [6, 6.07) is 1.71. The summed E-state index contributed by atoms with van der Waals surface area (Å²) >= 11 is 0. The fourth-order valence-electron chi connectivity index (χ4n) is 2.07. The predicted molar refractivity (Wildman–Crippen MR) is 68.9 cm³/mol. The summed E-state index contributed by atoms with van der Waals surface area (Å²) in [6.45, 7) is 4.06. The summed E-state index contributed by atoms with van der Waals surface area (Å²) < 4.78 is 2.01. The van der Waals surface area contributed by atoms with Crippen LogP contribution in [0, 0.1) is 12.3 Å².